The number of carboxylic acids is 1. The van der Waals surface area contributed by atoms with Crippen molar-refractivity contribution in [1.29, 1.82) is 0 Å². The first-order valence-electron chi connectivity index (χ1n) is 12.3. The van der Waals surface area contributed by atoms with Crippen molar-refractivity contribution in [1.82, 2.24) is 19.7 Å². The lowest BCUT2D eigenvalue weighted by molar-refractivity contribution is -0.137. The summed E-state index contributed by atoms with van der Waals surface area (Å²) in [5, 5.41) is 19.4. The second-order valence-electron chi connectivity index (χ2n) is 9.77. The predicted octanol–water partition coefficient (Wildman–Crippen LogP) is 4.51. The molecule has 0 bridgehead atoms. The number of nitrogens with zero attached hydrogens (tertiary/aromatic N) is 5. The van der Waals surface area contributed by atoms with Gasteiger partial charge in [0.15, 0.2) is 5.82 Å². The zero-order valence-corrected chi connectivity index (χ0v) is 21.7. The molecule has 6 rings (SSSR count). The molecule has 1 aromatic carbocycles. The Morgan fingerprint density at radius 1 is 1.25 bits per heavy atom. The summed E-state index contributed by atoms with van der Waals surface area (Å²) in [6, 6.07) is 5.50. The summed E-state index contributed by atoms with van der Waals surface area (Å²) in [4.78, 5) is 32.1. The molecular weight excluding hydrogens is 498 g/mol. The van der Waals surface area contributed by atoms with Crippen molar-refractivity contribution in [3.05, 3.63) is 62.0 Å². The van der Waals surface area contributed by atoms with Crippen molar-refractivity contribution in [2.24, 2.45) is 10.9 Å². The third-order valence-corrected chi connectivity index (χ3v) is 8.69. The number of carboxylic acid groups (broad SMARTS) is 1. The Morgan fingerprint density at radius 2 is 2.06 bits per heavy atom. The monoisotopic (exact) mass is 523 g/mol. The van der Waals surface area contributed by atoms with Crippen LogP contribution in [0.15, 0.2) is 23.2 Å². The highest BCUT2D eigenvalue weighted by atomic mass is 35.5. The fraction of sp³-hybridized carbons (Fsp3) is 0.423. The van der Waals surface area contributed by atoms with Gasteiger partial charge in [0.1, 0.15) is 16.9 Å². The van der Waals surface area contributed by atoms with Crippen LogP contribution in [-0.2, 0) is 29.0 Å². The Morgan fingerprint density at radius 3 is 2.78 bits per heavy atom. The molecule has 8 nitrogen and oxygen atoms in total. The molecule has 1 N–H and O–H groups in total. The molecule has 1 atom stereocenters. The van der Waals surface area contributed by atoms with Crippen molar-refractivity contribution in [3.63, 3.8) is 0 Å². The van der Waals surface area contributed by atoms with Gasteiger partial charge in [-0.15, -0.1) is 21.5 Å². The van der Waals surface area contributed by atoms with Gasteiger partial charge in [0.05, 0.1) is 17.3 Å². The SMILES string of the molecule is Cc1nnc2n1-c1sc3c(c1C(c1ccc(CCC(=O)O)cc1Cl)=NC2C)CCN(C(=O)C1CC1)C3. The summed E-state index contributed by atoms with van der Waals surface area (Å²) in [6.07, 6.45) is 3.24. The second kappa shape index (κ2) is 8.81. The maximum atomic E-state index is 12.8. The number of hydrogen-bond donors (Lipinski definition) is 1. The zero-order valence-electron chi connectivity index (χ0n) is 20.1. The summed E-state index contributed by atoms with van der Waals surface area (Å²) < 4.78 is 2.10. The fourth-order valence-electron chi connectivity index (χ4n) is 5.15. The summed E-state index contributed by atoms with van der Waals surface area (Å²) in [7, 11) is 0. The third-order valence-electron chi connectivity index (χ3n) is 7.18. The van der Waals surface area contributed by atoms with Gasteiger partial charge in [0.25, 0.3) is 0 Å². The van der Waals surface area contributed by atoms with E-state index in [0.29, 0.717) is 24.5 Å². The van der Waals surface area contributed by atoms with Gasteiger partial charge in [-0.1, -0.05) is 23.7 Å². The third kappa shape index (κ3) is 3.94. The number of fused-ring (bicyclic) bond motifs is 5. The van der Waals surface area contributed by atoms with Gasteiger partial charge in [-0.25, -0.2) is 0 Å². The molecule has 0 spiro atoms. The molecule has 36 heavy (non-hydrogen) atoms. The Kier molecular flexibility index (Phi) is 5.72. The van der Waals surface area contributed by atoms with E-state index in [2.05, 4.69) is 14.8 Å². The highest BCUT2D eigenvalue weighted by Gasteiger charge is 2.38. The number of aromatic nitrogens is 3. The van der Waals surface area contributed by atoms with Gasteiger partial charge >= 0.3 is 5.97 Å². The number of rotatable bonds is 5. The Bertz CT molecular complexity index is 1440. The molecule has 3 aromatic rings. The van der Waals surface area contributed by atoms with Crippen LogP contribution in [0.3, 0.4) is 0 Å². The Hall–Kier alpha value is -3.04. The number of carbonyl (C=O) groups excluding carboxylic acids is 1. The van der Waals surface area contributed by atoms with E-state index in [1.165, 1.54) is 10.4 Å². The van der Waals surface area contributed by atoms with Crippen LogP contribution < -0.4 is 0 Å². The van der Waals surface area contributed by atoms with E-state index in [0.717, 1.165) is 58.3 Å². The zero-order chi connectivity index (χ0) is 25.1. The summed E-state index contributed by atoms with van der Waals surface area (Å²) in [6.45, 7) is 5.27. The van der Waals surface area contributed by atoms with E-state index >= 15 is 0 Å². The molecule has 0 saturated heterocycles. The number of aryl methyl sites for hydroxylation is 2. The van der Waals surface area contributed by atoms with E-state index < -0.39 is 5.97 Å². The minimum absolute atomic E-state index is 0.0549. The average molecular weight is 524 g/mol. The molecule has 1 amide bonds. The number of amides is 1. The molecule has 1 aliphatic carbocycles. The van der Waals surface area contributed by atoms with E-state index in [9.17, 15) is 9.59 Å². The van der Waals surface area contributed by atoms with Crippen LogP contribution >= 0.6 is 22.9 Å². The van der Waals surface area contributed by atoms with Crippen LogP contribution in [0, 0.1) is 12.8 Å². The van der Waals surface area contributed by atoms with Gasteiger partial charge < -0.3 is 10.0 Å². The topological polar surface area (TPSA) is 101 Å². The van der Waals surface area contributed by atoms with Crippen molar-refractivity contribution in [2.45, 2.75) is 58.5 Å². The smallest absolute Gasteiger partial charge is 0.303 e. The van der Waals surface area contributed by atoms with Gasteiger partial charge in [-0.3, -0.25) is 19.1 Å². The molecule has 1 fully saturated rings. The molecule has 10 heteroatoms. The normalized spacial score (nSPS) is 18.7. The Labute approximate surface area is 217 Å². The molecule has 1 unspecified atom stereocenters. The van der Waals surface area contributed by atoms with Crippen molar-refractivity contribution < 1.29 is 14.7 Å². The molecule has 0 radical (unpaired) electrons. The molecule has 2 aromatic heterocycles. The number of halogens is 1. The van der Waals surface area contributed by atoms with E-state index in [1.54, 1.807) is 11.3 Å². The highest BCUT2D eigenvalue weighted by molar-refractivity contribution is 7.15. The number of hydrogen-bond acceptors (Lipinski definition) is 6. The van der Waals surface area contributed by atoms with E-state index in [-0.39, 0.29) is 24.3 Å². The molecule has 3 aliphatic rings. The molecule has 4 heterocycles. The first kappa shape index (κ1) is 23.4. The van der Waals surface area contributed by atoms with E-state index in [1.807, 2.05) is 36.9 Å². The maximum Gasteiger partial charge on any atom is 0.303 e. The van der Waals surface area contributed by atoms with E-state index in [4.69, 9.17) is 21.7 Å². The van der Waals surface area contributed by atoms with Gasteiger partial charge in [-0.05, 0) is 56.7 Å². The first-order valence-corrected chi connectivity index (χ1v) is 13.5. The average Bonchev–Trinajstić information content (AvgIpc) is 3.55. The number of benzene rings is 1. The van der Waals surface area contributed by atoms with Gasteiger partial charge in [0, 0.05) is 34.9 Å². The minimum Gasteiger partial charge on any atom is -0.481 e. The standard InChI is InChI=1S/C26H26ClN5O3S/c1-13-24-30-29-14(2)32(24)26-22(18-9-10-31(12-20(18)36-26)25(35)16-5-6-16)23(28-13)17-7-3-15(11-19(17)27)4-8-21(33)34/h3,7,11,13,16H,4-6,8-10,12H2,1-2H3,(H,33,34). The van der Waals surface area contributed by atoms with Gasteiger partial charge in [-0.2, -0.15) is 0 Å². The van der Waals surface area contributed by atoms with Gasteiger partial charge in [0.2, 0.25) is 5.91 Å². The highest BCUT2D eigenvalue weighted by Crippen LogP contribution is 2.43. The largest absolute Gasteiger partial charge is 0.481 e. The van der Waals surface area contributed by atoms with Crippen molar-refractivity contribution >= 4 is 40.5 Å². The Balaban J connectivity index is 1.47. The summed E-state index contributed by atoms with van der Waals surface area (Å²) >= 11 is 8.49. The van der Waals surface area contributed by atoms with Crippen LogP contribution in [0.5, 0.6) is 0 Å². The summed E-state index contributed by atoms with van der Waals surface area (Å²) in [5.74, 6) is 1.22. The molecule has 2 aliphatic heterocycles. The number of carbonyl (C=O) groups is 2. The van der Waals surface area contributed by atoms with Crippen molar-refractivity contribution in [2.75, 3.05) is 6.54 Å². The van der Waals surface area contributed by atoms with Crippen LogP contribution in [-0.4, -0.2) is 48.9 Å². The first-order chi connectivity index (χ1) is 17.3. The van der Waals surface area contributed by atoms with Crippen LogP contribution in [0.25, 0.3) is 5.00 Å². The predicted molar refractivity (Wildman–Crippen MR) is 137 cm³/mol. The molecular formula is C26H26ClN5O3S. The summed E-state index contributed by atoms with van der Waals surface area (Å²) in [5.41, 5.74) is 4.77. The second-order valence-corrected chi connectivity index (χ2v) is 11.3. The number of aliphatic imine (C=N–C) groups is 1. The van der Waals surface area contributed by atoms with Crippen LogP contribution in [0.1, 0.15) is 71.0 Å². The van der Waals surface area contributed by atoms with Crippen LogP contribution in [0.2, 0.25) is 5.02 Å². The number of thiophene rings is 1. The minimum atomic E-state index is -0.834. The van der Waals surface area contributed by atoms with Crippen molar-refractivity contribution in [3.8, 4) is 5.00 Å². The quantitative estimate of drug-likeness (QED) is 0.530. The molecule has 1 saturated carbocycles. The van der Waals surface area contributed by atoms with Crippen LogP contribution in [0.4, 0.5) is 0 Å². The molecule has 186 valence electrons. The fourth-order valence-corrected chi connectivity index (χ4v) is 6.86. The maximum absolute atomic E-state index is 12.8. The lowest BCUT2D eigenvalue weighted by atomic mass is 9.94. The lowest BCUT2D eigenvalue weighted by Gasteiger charge is -2.27. The number of aliphatic carboxylic acids is 1. The lowest BCUT2D eigenvalue weighted by Crippen LogP contribution is -2.36.